The highest BCUT2D eigenvalue weighted by molar-refractivity contribution is 5.90. The summed E-state index contributed by atoms with van der Waals surface area (Å²) in [5.41, 5.74) is 2.06. The molecule has 3 aliphatic heterocycles. The van der Waals surface area contributed by atoms with Gasteiger partial charge in [0.1, 0.15) is 0 Å². The van der Waals surface area contributed by atoms with Gasteiger partial charge in [0.15, 0.2) is 12.0 Å². The third-order valence-corrected chi connectivity index (χ3v) is 6.23. The van der Waals surface area contributed by atoms with Crippen molar-refractivity contribution < 1.29 is 23.8 Å². The van der Waals surface area contributed by atoms with Crippen molar-refractivity contribution in [3.8, 4) is 11.1 Å². The number of amides is 2. The maximum absolute atomic E-state index is 12.1. The molecule has 0 saturated carbocycles. The van der Waals surface area contributed by atoms with E-state index < -0.39 is 5.66 Å². The van der Waals surface area contributed by atoms with Gasteiger partial charge in [0.2, 0.25) is 11.8 Å². The fraction of sp³-hybridized carbons (Fsp3) is 0.652. The van der Waals surface area contributed by atoms with Gasteiger partial charge in [0, 0.05) is 20.1 Å². The van der Waals surface area contributed by atoms with Crippen molar-refractivity contribution in [3.63, 3.8) is 0 Å². The van der Waals surface area contributed by atoms with E-state index in [9.17, 15) is 9.59 Å². The van der Waals surface area contributed by atoms with Gasteiger partial charge in [-0.1, -0.05) is 18.2 Å². The first-order valence-electron chi connectivity index (χ1n) is 11.1. The minimum atomic E-state index is -0.792. The third kappa shape index (κ3) is 4.85. The average molecular weight is 417 g/mol. The zero-order valence-corrected chi connectivity index (χ0v) is 17.7. The van der Waals surface area contributed by atoms with Crippen LogP contribution in [-0.4, -0.2) is 49.7 Å². The van der Waals surface area contributed by atoms with Crippen molar-refractivity contribution in [2.75, 3.05) is 19.8 Å². The Morgan fingerprint density at radius 3 is 2.40 bits per heavy atom. The van der Waals surface area contributed by atoms with E-state index in [0.717, 1.165) is 45.1 Å². The van der Waals surface area contributed by atoms with Crippen LogP contribution < -0.4 is 10.6 Å². The molecule has 3 saturated heterocycles. The molecule has 164 valence electrons. The molecule has 0 aromatic rings. The van der Waals surface area contributed by atoms with Gasteiger partial charge in [-0.2, -0.15) is 0 Å². The van der Waals surface area contributed by atoms with Gasteiger partial charge >= 0.3 is 0 Å². The van der Waals surface area contributed by atoms with Crippen LogP contribution in [0.4, 0.5) is 0 Å². The van der Waals surface area contributed by atoms with E-state index in [2.05, 4.69) is 34.9 Å². The Kier molecular flexibility index (Phi) is 6.71. The molecule has 3 heterocycles. The number of hydrogen-bond acceptors (Lipinski definition) is 5. The van der Waals surface area contributed by atoms with Crippen LogP contribution in [0.15, 0.2) is 24.3 Å². The van der Waals surface area contributed by atoms with Crippen LogP contribution in [-0.2, 0) is 23.8 Å². The summed E-state index contributed by atoms with van der Waals surface area (Å²) in [5.74, 6) is -0.537. The first-order valence-corrected chi connectivity index (χ1v) is 11.1. The molecule has 0 aromatic heterocycles. The number of carbonyl (C=O) groups excluding carboxylic acids is 2. The molecule has 4 unspecified atom stereocenters. The van der Waals surface area contributed by atoms with Crippen molar-refractivity contribution in [2.24, 2.45) is 5.92 Å². The van der Waals surface area contributed by atoms with Gasteiger partial charge in [-0.3, -0.25) is 9.59 Å². The normalized spacial score (nSPS) is 31.5. The largest absolute Gasteiger partial charge is 0.374 e. The molecule has 30 heavy (non-hydrogen) atoms. The number of ether oxygens (including phenoxy) is 3. The Bertz CT molecular complexity index is 740. The summed E-state index contributed by atoms with van der Waals surface area (Å²) in [5, 5.41) is 5.86. The Morgan fingerprint density at radius 2 is 1.90 bits per heavy atom. The van der Waals surface area contributed by atoms with Crippen molar-refractivity contribution in [1.82, 2.24) is 10.6 Å². The quantitative estimate of drug-likeness (QED) is 0.708. The molecule has 0 aromatic carbocycles. The lowest BCUT2D eigenvalue weighted by molar-refractivity contribution is -0.180. The summed E-state index contributed by atoms with van der Waals surface area (Å²) >= 11 is 0. The minimum absolute atomic E-state index is 0.0499. The second kappa shape index (κ2) is 9.45. The molecular weight excluding hydrogens is 384 g/mol. The lowest BCUT2D eigenvalue weighted by atomic mass is 9.75. The molecule has 0 spiro atoms. The lowest BCUT2D eigenvalue weighted by Crippen LogP contribution is -2.82. The van der Waals surface area contributed by atoms with E-state index in [4.69, 9.17) is 14.2 Å². The number of fused-ring (bicyclic) bond motifs is 1. The van der Waals surface area contributed by atoms with Gasteiger partial charge in [0.05, 0.1) is 18.6 Å². The third-order valence-electron chi connectivity index (χ3n) is 6.23. The van der Waals surface area contributed by atoms with Crippen LogP contribution in [0.5, 0.6) is 0 Å². The van der Waals surface area contributed by atoms with Crippen LogP contribution in [0.25, 0.3) is 11.1 Å². The number of carbonyl (C=O) groups is 2. The first-order chi connectivity index (χ1) is 14.6. The van der Waals surface area contributed by atoms with Crippen molar-refractivity contribution in [2.45, 2.75) is 69.9 Å². The summed E-state index contributed by atoms with van der Waals surface area (Å²) in [6.45, 7) is 3.32. The van der Waals surface area contributed by atoms with Crippen LogP contribution >= 0.6 is 0 Å². The highest BCUT2D eigenvalue weighted by atomic mass is 16.7. The number of β-lactam (4-membered cyclic amide) rings is 1. The van der Waals surface area contributed by atoms with Gasteiger partial charge in [-0.15, -0.1) is 0 Å². The molecular formula is C23H32N2O5. The van der Waals surface area contributed by atoms with Crippen LogP contribution in [0.3, 0.4) is 0 Å². The molecule has 5 aliphatic rings. The number of hydrogen-bond donors (Lipinski definition) is 2. The zero-order valence-electron chi connectivity index (χ0n) is 17.7. The van der Waals surface area contributed by atoms with Crippen LogP contribution in [0.1, 0.15) is 51.9 Å². The van der Waals surface area contributed by atoms with E-state index in [1.54, 1.807) is 0 Å². The molecule has 7 nitrogen and oxygen atoms in total. The Morgan fingerprint density at radius 1 is 1.17 bits per heavy atom. The molecule has 4 atom stereocenters. The fourth-order valence-corrected chi connectivity index (χ4v) is 4.60. The van der Waals surface area contributed by atoms with E-state index >= 15 is 0 Å². The average Bonchev–Trinajstić information content (AvgIpc) is 3.36. The number of benzene rings is 1. The maximum atomic E-state index is 12.1. The molecule has 0 radical (unpaired) electrons. The highest BCUT2D eigenvalue weighted by Crippen LogP contribution is 2.37. The molecule has 2 N–H and O–H groups in total. The Hall–Kier alpha value is -1.96. The first kappa shape index (κ1) is 21.3. The van der Waals surface area contributed by atoms with Crippen molar-refractivity contribution >= 4 is 11.8 Å². The van der Waals surface area contributed by atoms with Crippen LogP contribution in [0.2, 0.25) is 0 Å². The Balaban J connectivity index is 0.000000305. The van der Waals surface area contributed by atoms with Gasteiger partial charge in [-0.05, 0) is 62.1 Å². The molecule has 7 heteroatoms. The zero-order chi connectivity index (χ0) is 21.0. The highest BCUT2D eigenvalue weighted by Gasteiger charge is 2.59. The smallest absolute Gasteiger partial charge is 0.229 e. The summed E-state index contributed by atoms with van der Waals surface area (Å²) in [7, 11) is 0. The number of rotatable bonds is 6. The summed E-state index contributed by atoms with van der Waals surface area (Å²) in [6, 6.07) is 8.48. The molecule has 2 amide bonds. The lowest BCUT2D eigenvalue weighted by Gasteiger charge is -2.54. The van der Waals surface area contributed by atoms with E-state index in [-0.39, 0.29) is 30.1 Å². The van der Waals surface area contributed by atoms with E-state index in [1.807, 2.05) is 0 Å². The van der Waals surface area contributed by atoms with Gasteiger partial charge in [-0.25, -0.2) is 0 Å². The minimum Gasteiger partial charge on any atom is -0.374 e. The van der Waals surface area contributed by atoms with Gasteiger partial charge in [0.25, 0.3) is 0 Å². The summed E-state index contributed by atoms with van der Waals surface area (Å²) in [6.07, 6.45) is 6.20. The standard InChI is InChI=1S/C17H28N2O5.C6H4/c1-12(20)18-17(14-6-2-4-9-22-14)13(16(21)19-17)8-11-24-15-7-3-5-10-23-15;1-2-5-4-6(5)3-1/h13-15H,2-11H2,1H3,(H,18,20)(H,19,21);1-4H. The van der Waals surface area contributed by atoms with Crippen LogP contribution in [0, 0.1) is 5.92 Å². The predicted octanol–water partition coefficient (Wildman–Crippen LogP) is 2.73. The summed E-state index contributed by atoms with van der Waals surface area (Å²) < 4.78 is 17.2. The van der Waals surface area contributed by atoms with E-state index in [0.29, 0.717) is 19.6 Å². The molecule has 2 aliphatic carbocycles. The van der Waals surface area contributed by atoms with Gasteiger partial charge < -0.3 is 24.8 Å². The monoisotopic (exact) mass is 416 g/mol. The fourth-order valence-electron chi connectivity index (χ4n) is 4.60. The molecule has 0 bridgehead atoms. The van der Waals surface area contributed by atoms with Crippen molar-refractivity contribution in [1.29, 1.82) is 0 Å². The second-order valence-corrected chi connectivity index (χ2v) is 8.48. The predicted molar refractivity (Wildman–Crippen MR) is 111 cm³/mol. The topological polar surface area (TPSA) is 85.9 Å². The maximum Gasteiger partial charge on any atom is 0.229 e. The number of nitrogens with one attached hydrogen (secondary N) is 2. The SMILES string of the molecule is CC(=O)NC1(C2CCCCO2)NC(=O)C1CCOC1CCCCO1.c1cc2cc-2c1. The van der Waals surface area contributed by atoms with Crippen molar-refractivity contribution in [3.05, 3.63) is 24.3 Å². The second-order valence-electron chi connectivity index (χ2n) is 8.48. The van der Waals surface area contributed by atoms with E-state index in [1.165, 1.54) is 18.1 Å². The summed E-state index contributed by atoms with van der Waals surface area (Å²) in [4.78, 5) is 23.8. The molecule has 3 fully saturated rings. The Labute approximate surface area is 177 Å². The molecule has 5 rings (SSSR count).